The van der Waals surface area contributed by atoms with E-state index in [-0.39, 0.29) is 18.6 Å². The first-order valence-corrected chi connectivity index (χ1v) is 9.26. The van der Waals surface area contributed by atoms with Crippen LogP contribution in [0.5, 0.6) is 0 Å². The van der Waals surface area contributed by atoms with Crippen LogP contribution in [0.15, 0.2) is 48.5 Å². The van der Waals surface area contributed by atoms with E-state index in [1.807, 2.05) is 55.4 Å². The Bertz CT molecular complexity index is 564. The van der Waals surface area contributed by atoms with Crippen LogP contribution < -0.4 is 0 Å². The van der Waals surface area contributed by atoms with Crippen LogP contribution in [0.4, 0.5) is 0 Å². The monoisotopic (exact) mass is 378 g/mol. The van der Waals surface area contributed by atoms with Gasteiger partial charge < -0.3 is 10.2 Å². The van der Waals surface area contributed by atoms with Crippen molar-refractivity contribution >= 4 is 11.9 Å². The highest BCUT2D eigenvalue weighted by Crippen LogP contribution is 2.27. The van der Waals surface area contributed by atoms with E-state index in [1.54, 1.807) is 36.4 Å². The number of hydrogen-bond acceptors (Lipinski definition) is 2. The molecule has 0 atom stereocenters. The highest BCUT2D eigenvalue weighted by atomic mass is 16.4. The summed E-state index contributed by atoms with van der Waals surface area (Å²) in [6.45, 7) is 16.0. The fraction of sp³-hybridized carbons (Fsp3) is 0.391. The molecule has 0 aliphatic heterocycles. The lowest BCUT2D eigenvalue weighted by molar-refractivity contribution is 0.0684. The lowest BCUT2D eigenvalue weighted by Crippen LogP contribution is -2.03. The van der Waals surface area contributed by atoms with Gasteiger partial charge in [0, 0.05) is 0 Å². The maximum atomic E-state index is 11.1. The smallest absolute Gasteiger partial charge is 0.336 e. The normalized spacial score (nSPS) is 7.56. The summed E-state index contributed by atoms with van der Waals surface area (Å²) in [5, 5.41) is 18.2. The fourth-order valence-corrected chi connectivity index (χ4v) is 1.81. The predicted molar refractivity (Wildman–Crippen MR) is 118 cm³/mol. The molecule has 0 bridgehead atoms. The van der Waals surface area contributed by atoms with Crippen molar-refractivity contribution in [1.82, 2.24) is 0 Å². The summed E-state index contributed by atoms with van der Waals surface area (Å²) in [5.41, 5.74) is 0.989. The molecule has 2 aromatic rings. The minimum atomic E-state index is -1.08. The number of carbonyl (C=O) groups is 2. The van der Waals surface area contributed by atoms with E-state index >= 15 is 0 Å². The first-order valence-electron chi connectivity index (χ1n) is 9.26. The topological polar surface area (TPSA) is 74.6 Å². The van der Waals surface area contributed by atoms with E-state index in [4.69, 9.17) is 10.2 Å². The van der Waals surface area contributed by atoms with Gasteiger partial charge in [-0.15, -0.1) is 0 Å². The van der Waals surface area contributed by atoms with Crippen LogP contribution in [0.2, 0.25) is 0 Å². The van der Waals surface area contributed by atoms with Crippen LogP contribution in [0.25, 0.3) is 11.1 Å². The molecule has 0 unspecified atom stereocenters. The van der Waals surface area contributed by atoms with Crippen molar-refractivity contribution in [2.75, 3.05) is 0 Å². The summed E-state index contributed by atoms with van der Waals surface area (Å²) < 4.78 is 0. The molecule has 4 nitrogen and oxygen atoms in total. The summed E-state index contributed by atoms with van der Waals surface area (Å²) in [4.78, 5) is 22.3. The van der Waals surface area contributed by atoms with Gasteiger partial charge in [0.05, 0.1) is 11.1 Å². The summed E-state index contributed by atoms with van der Waals surface area (Å²) in [7, 11) is 0. The molecule has 0 saturated heterocycles. The van der Waals surface area contributed by atoms with Gasteiger partial charge in [0.25, 0.3) is 0 Å². The van der Waals surface area contributed by atoms with Gasteiger partial charge in [-0.25, -0.2) is 9.59 Å². The SMILES string of the molecule is C.CC.CC.CC.CC.O=C(O)c1ccccc1-c1ccccc1C(=O)O. The number of carboxylic acids is 2. The highest BCUT2D eigenvalue weighted by molar-refractivity contribution is 6.02. The third-order valence-electron chi connectivity index (χ3n) is 2.61. The van der Waals surface area contributed by atoms with Crippen LogP contribution in [-0.4, -0.2) is 22.2 Å². The second-order valence-electron chi connectivity index (χ2n) is 3.70. The zero-order valence-electron chi connectivity index (χ0n) is 17.3. The van der Waals surface area contributed by atoms with Crippen LogP contribution in [-0.2, 0) is 0 Å². The van der Waals surface area contributed by atoms with Gasteiger partial charge in [-0.2, -0.15) is 0 Å². The average Bonchev–Trinajstić information content (AvgIpc) is 2.74. The maximum absolute atomic E-state index is 11.1. The minimum absolute atomic E-state index is 0. The minimum Gasteiger partial charge on any atom is -0.478 e. The van der Waals surface area contributed by atoms with E-state index in [0.717, 1.165) is 0 Å². The van der Waals surface area contributed by atoms with E-state index < -0.39 is 11.9 Å². The molecule has 0 radical (unpaired) electrons. The Morgan fingerprint density at radius 2 is 0.778 bits per heavy atom. The summed E-state index contributed by atoms with van der Waals surface area (Å²) in [5.74, 6) is -2.16. The quantitative estimate of drug-likeness (QED) is 0.580. The molecular weight excluding hydrogens is 340 g/mol. The van der Waals surface area contributed by atoms with Gasteiger partial charge in [-0.05, 0) is 23.3 Å². The average molecular weight is 379 g/mol. The number of hydrogen-bond donors (Lipinski definition) is 2. The third kappa shape index (κ3) is 10.9. The van der Waals surface area contributed by atoms with E-state index in [0.29, 0.717) is 11.1 Å². The molecule has 2 aromatic carbocycles. The molecule has 0 aliphatic rings. The van der Waals surface area contributed by atoms with Gasteiger partial charge in [-0.3, -0.25) is 0 Å². The van der Waals surface area contributed by atoms with Crippen LogP contribution >= 0.6 is 0 Å². The molecule has 4 heteroatoms. The van der Waals surface area contributed by atoms with Gasteiger partial charge >= 0.3 is 11.9 Å². The van der Waals surface area contributed by atoms with E-state index in [2.05, 4.69) is 0 Å². The first kappa shape index (κ1) is 32.1. The van der Waals surface area contributed by atoms with Crippen molar-refractivity contribution in [3.63, 3.8) is 0 Å². The van der Waals surface area contributed by atoms with Gasteiger partial charge in [-0.1, -0.05) is 99.2 Å². The van der Waals surface area contributed by atoms with Gasteiger partial charge in [0.1, 0.15) is 0 Å². The number of aromatic carboxylic acids is 2. The number of carboxylic acid groups (broad SMARTS) is 2. The Morgan fingerprint density at radius 3 is 1.00 bits per heavy atom. The fourth-order valence-electron chi connectivity index (χ4n) is 1.81. The molecule has 27 heavy (non-hydrogen) atoms. The molecule has 2 N–H and O–H groups in total. The summed E-state index contributed by atoms with van der Waals surface area (Å²) >= 11 is 0. The van der Waals surface area contributed by atoms with Gasteiger partial charge in [0.2, 0.25) is 0 Å². The Balaban J connectivity index is -0.000000261. The molecule has 0 aliphatic carbocycles. The lowest BCUT2D eigenvalue weighted by atomic mass is 9.95. The molecule has 0 amide bonds. The molecule has 0 heterocycles. The van der Waals surface area contributed by atoms with Gasteiger partial charge in [0.15, 0.2) is 0 Å². The van der Waals surface area contributed by atoms with Crippen LogP contribution in [0.1, 0.15) is 83.5 Å². The third-order valence-corrected chi connectivity index (χ3v) is 2.61. The number of benzene rings is 2. The zero-order chi connectivity index (χ0) is 21.1. The molecule has 0 fully saturated rings. The zero-order valence-corrected chi connectivity index (χ0v) is 17.3. The predicted octanol–water partition coefficient (Wildman–Crippen LogP) is 7.49. The first-order chi connectivity index (χ1) is 12.6. The summed E-state index contributed by atoms with van der Waals surface area (Å²) in [6.07, 6.45) is 0. The van der Waals surface area contributed by atoms with Crippen molar-refractivity contribution in [2.24, 2.45) is 0 Å². The molecule has 0 aromatic heterocycles. The summed E-state index contributed by atoms with van der Waals surface area (Å²) in [6, 6.07) is 12.7. The van der Waals surface area contributed by atoms with Crippen LogP contribution in [0, 0.1) is 0 Å². The maximum Gasteiger partial charge on any atom is 0.336 e. The van der Waals surface area contributed by atoms with Crippen molar-refractivity contribution < 1.29 is 19.8 Å². The second-order valence-corrected chi connectivity index (χ2v) is 3.70. The largest absolute Gasteiger partial charge is 0.478 e. The number of rotatable bonds is 3. The molecular formula is C23H38O4. The van der Waals surface area contributed by atoms with E-state index in [1.165, 1.54) is 12.1 Å². The van der Waals surface area contributed by atoms with Crippen LogP contribution in [0.3, 0.4) is 0 Å². The van der Waals surface area contributed by atoms with E-state index in [9.17, 15) is 9.59 Å². The molecule has 0 saturated carbocycles. The van der Waals surface area contributed by atoms with Crippen molar-refractivity contribution in [3.8, 4) is 11.1 Å². The standard InChI is InChI=1S/C14H10O4.4C2H6.CH4/c15-13(16)11-7-3-1-5-9(11)10-6-2-4-8-12(10)14(17)18;4*1-2;/h1-8H,(H,15,16)(H,17,18);4*1-2H3;1H4. The molecule has 0 spiro atoms. The molecule has 2 rings (SSSR count). The van der Waals surface area contributed by atoms with Crippen molar-refractivity contribution in [3.05, 3.63) is 59.7 Å². The molecule has 154 valence electrons. The Morgan fingerprint density at radius 1 is 0.556 bits per heavy atom. The second kappa shape index (κ2) is 21.4. The lowest BCUT2D eigenvalue weighted by Gasteiger charge is -2.08. The Hall–Kier alpha value is -2.62. The highest BCUT2D eigenvalue weighted by Gasteiger charge is 2.16. The van der Waals surface area contributed by atoms with Crippen molar-refractivity contribution in [1.29, 1.82) is 0 Å². The Labute approximate surface area is 165 Å². The Kier molecular flexibility index (Phi) is 25.5. The van der Waals surface area contributed by atoms with Crippen molar-refractivity contribution in [2.45, 2.75) is 62.8 Å².